The smallest absolute Gasteiger partial charge is 0.180 e. The van der Waals surface area contributed by atoms with Crippen LogP contribution >= 0.6 is 27.7 Å². The normalized spacial score (nSPS) is 20.0. The fourth-order valence-electron chi connectivity index (χ4n) is 2.12. The minimum absolute atomic E-state index is 0.572. The van der Waals surface area contributed by atoms with E-state index in [4.69, 9.17) is 0 Å². The van der Waals surface area contributed by atoms with Crippen LogP contribution in [-0.2, 0) is 0 Å². The first-order valence-electron chi connectivity index (χ1n) is 5.55. The topological polar surface area (TPSA) is 33.4 Å². The zero-order chi connectivity index (χ0) is 11.8. The van der Waals surface area contributed by atoms with E-state index < -0.39 is 0 Å². The van der Waals surface area contributed by atoms with E-state index in [1.54, 1.807) is 0 Å². The van der Waals surface area contributed by atoms with Crippen molar-refractivity contribution in [2.45, 2.75) is 12.5 Å². The summed E-state index contributed by atoms with van der Waals surface area (Å²) in [5.41, 5.74) is 0.924. The zero-order valence-corrected chi connectivity index (χ0v) is 11.9. The Balaban J connectivity index is 2.05. The molecule has 0 bridgehead atoms. The van der Waals surface area contributed by atoms with Crippen molar-refractivity contribution < 1.29 is 0 Å². The number of imidazole rings is 1. The summed E-state index contributed by atoms with van der Waals surface area (Å²) in [7, 11) is 2.11. The van der Waals surface area contributed by atoms with Crippen molar-refractivity contribution in [2.24, 2.45) is 0 Å². The molecule has 0 aliphatic carbocycles. The Kier molecular flexibility index (Phi) is 3.00. The molecule has 2 aromatic heterocycles. The molecule has 0 radical (unpaired) electrons. The molecule has 0 aromatic carbocycles. The summed E-state index contributed by atoms with van der Waals surface area (Å²) in [6.07, 6.45) is 6.91. The molecule has 0 N–H and O–H groups in total. The molecule has 3 rings (SSSR count). The first-order chi connectivity index (χ1) is 8.25. The lowest BCUT2D eigenvalue weighted by Crippen LogP contribution is -2.32. The maximum Gasteiger partial charge on any atom is 0.180 e. The number of hydrogen-bond acceptors (Lipinski definition) is 4. The quantitative estimate of drug-likeness (QED) is 0.853. The maximum absolute atomic E-state index is 4.57. The number of rotatable bonds is 2. The molecule has 1 saturated heterocycles. The standard InChI is InChI=1S/C11H13BrN4S/c1-15(8-2-5-17-7-8)11-10-13-3-4-16(10)6-9(12)14-11/h3-4,6,8H,2,5,7H2,1H3. The van der Waals surface area contributed by atoms with Crippen molar-refractivity contribution in [3.8, 4) is 0 Å². The van der Waals surface area contributed by atoms with Crippen LogP contribution in [-0.4, -0.2) is 39.0 Å². The molecule has 1 fully saturated rings. The molecule has 1 unspecified atom stereocenters. The second kappa shape index (κ2) is 4.49. The van der Waals surface area contributed by atoms with Crippen LogP contribution in [0.4, 0.5) is 5.82 Å². The Morgan fingerprint density at radius 2 is 2.47 bits per heavy atom. The van der Waals surface area contributed by atoms with Gasteiger partial charge in [0, 0.05) is 37.4 Å². The Hall–Kier alpha value is -0.750. The van der Waals surface area contributed by atoms with E-state index in [2.05, 4.69) is 37.8 Å². The second-order valence-corrected chi connectivity index (χ2v) is 6.14. The third-order valence-electron chi connectivity index (χ3n) is 3.11. The SMILES string of the molecule is CN(c1nc(Br)cn2ccnc12)C1CCSC1. The molecular weight excluding hydrogens is 300 g/mol. The van der Waals surface area contributed by atoms with Crippen molar-refractivity contribution in [3.63, 3.8) is 0 Å². The van der Waals surface area contributed by atoms with Gasteiger partial charge in [-0.1, -0.05) is 0 Å². The molecule has 0 saturated carbocycles. The van der Waals surface area contributed by atoms with Gasteiger partial charge in [0.25, 0.3) is 0 Å². The first-order valence-corrected chi connectivity index (χ1v) is 7.50. The summed E-state index contributed by atoms with van der Waals surface area (Å²) in [5, 5.41) is 0. The highest BCUT2D eigenvalue weighted by Gasteiger charge is 2.23. The number of nitrogens with zero attached hydrogens (tertiary/aromatic N) is 4. The lowest BCUT2D eigenvalue weighted by atomic mass is 10.2. The average molecular weight is 313 g/mol. The molecule has 1 atom stereocenters. The Bertz CT molecular complexity index is 535. The van der Waals surface area contributed by atoms with E-state index in [0.717, 1.165) is 16.1 Å². The van der Waals surface area contributed by atoms with Crippen LogP contribution in [0.15, 0.2) is 23.2 Å². The molecule has 6 heteroatoms. The van der Waals surface area contributed by atoms with Gasteiger partial charge in [0.15, 0.2) is 11.5 Å². The number of aromatic nitrogens is 3. The summed E-state index contributed by atoms with van der Waals surface area (Å²) >= 11 is 5.46. The first kappa shape index (κ1) is 11.3. The summed E-state index contributed by atoms with van der Waals surface area (Å²) in [6.45, 7) is 0. The summed E-state index contributed by atoms with van der Waals surface area (Å²) in [6, 6.07) is 0.572. The molecule has 3 heterocycles. The highest BCUT2D eigenvalue weighted by molar-refractivity contribution is 9.10. The number of halogens is 1. The Labute approximate surface area is 113 Å². The van der Waals surface area contributed by atoms with Gasteiger partial charge in [-0.3, -0.25) is 0 Å². The molecule has 4 nitrogen and oxygen atoms in total. The molecule has 1 aliphatic heterocycles. The van der Waals surface area contributed by atoms with Crippen molar-refractivity contribution in [3.05, 3.63) is 23.2 Å². The van der Waals surface area contributed by atoms with Crippen molar-refractivity contribution in [1.82, 2.24) is 14.4 Å². The molecule has 2 aromatic rings. The summed E-state index contributed by atoms with van der Waals surface area (Å²) < 4.78 is 2.85. The Morgan fingerprint density at radius 1 is 1.59 bits per heavy atom. The van der Waals surface area contributed by atoms with Gasteiger partial charge in [0.2, 0.25) is 0 Å². The van der Waals surface area contributed by atoms with E-state index in [1.807, 2.05) is 34.8 Å². The van der Waals surface area contributed by atoms with Gasteiger partial charge in [-0.2, -0.15) is 11.8 Å². The molecule has 17 heavy (non-hydrogen) atoms. The van der Waals surface area contributed by atoms with Crippen LogP contribution in [0.5, 0.6) is 0 Å². The van der Waals surface area contributed by atoms with Gasteiger partial charge in [-0.05, 0) is 28.1 Å². The van der Waals surface area contributed by atoms with Gasteiger partial charge >= 0.3 is 0 Å². The largest absolute Gasteiger partial charge is 0.353 e. The molecular formula is C11H13BrN4S. The minimum atomic E-state index is 0.572. The van der Waals surface area contributed by atoms with E-state index in [-0.39, 0.29) is 0 Å². The highest BCUT2D eigenvalue weighted by atomic mass is 79.9. The van der Waals surface area contributed by atoms with E-state index in [1.165, 1.54) is 17.9 Å². The minimum Gasteiger partial charge on any atom is -0.353 e. The highest BCUT2D eigenvalue weighted by Crippen LogP contribution is 2.27. The molecule has 0 spiro atoms. The average Bonchev–Trinajstić information content (AvgIpc) is 2.97. The van der Waals surface area contributed by atoms with Crippen LogP contribution in [0.1, 0.15) is 6.42 Å². The predicted octanol–water partition coefficient (Wildman–Crippen LogP) is 2.43. The van der Waals surface area contributed by atoms with Crippen LogP contribution < -0.4 is 4.90 Å². The van der Waals surface area contributed by atoms with Crippen molar-refractivity contribution in [1.29, 1.82) is 0 Å². The number of thioether (sulfide) groups is 1. The summed E-state index contributed by atoms with van der Waals surface area (Å²) in [5.74, 6) is 3.38. The van der Waals surface area contributed by atoms with E-state index in [9.17, 15) is 0 Å². The third kappa shape index (κ3) is 2.04. The molecule has 90 valence electrons. The van der Waals surface area contributed by atoms with Gasteiger partial charge in [-0.25, -0.2) is 9.97 Å². The number of fused-ring (bicyclic) bond motifs is 1. The van der Waals surface area contributed by atoms with Gasteiger partial charge in [0.1, 0.15) is 4.60 Å². The molecule has 0 amide bonds. The van der Waals surface area contributed by atoms with Crippen molar-refractivity contribution in [2.75, 3.05) is 23.5 Å². The summed E-state index contributed by atoms with van der Waals surface area (Å²) in [4.78, 5) is 11.2. The Morgan fingerprint density at radius 3 is 3.24 bits per heavy atom. The van der Waals surface area contributed by atoms with Crippen LogP contribution in [0.25, 0.3) is 5.65 Å². The number of hydrogen-bond donors (Lipinski definition) is 0. The monoisotopic (exact) mass is 312 g/mol. The third-order valence-corrected chi connectivity index (χ3v) is 4.64. The molecule has 1 aliphatic rings. The van der Waals surface area contributed by atoms with Gasteiger partial charge in [0.05, 0.1) is 0 Å². The van der Waals surface area contributed by atoms with Crippen LogP contribution in [0.2, 0.25) is 0 Å². The van der Waals surface area contributed by atoms with Gasteiger partial charge in [-0.15, -0.1) is 0 Å². The predicted molar refractivity (Wildman–Crippen MR) is 74.8 cm³/mol. The number of anilines is 1. The van der Waals surface area contributed by atoms with Crippen molar-refractivity contribution >= 4 is 39.2 Å². The van der Waals surface area contributed by atoms with Crippen LogP contribution in [0, 0.1) is 0 Å². The zero-order valence-electron chi connectivity index (χ0n) is 9.51. The van der Waals surface area contributed by atoms with E-state index in [0.29, 0.717) is 6.04 Å². The maximum atomic E-state index is 4.57. The fraction of sp³-hybridized carbons (Fsp3) is 0.455. The van der Waals surface area contributed by atoms with Gasteiger partial charge < -0.3 is 9.30 Å². The lowest BCUT2D eigenvalue weighted by Gasteiger charge is -2.25. The fourth-order valence-corrected chi connectivity index (χ4v) is 3.78. The lowest BCUT2D eigenvalue weighted by molar-refractivity contribution is 0.691. The van der Waals surface area contributed by atoms with Crippen LogP contribution in [0.3, 0.4) is 0 Å². The van der Waals surface area contributed by atoms with E-state index >= 15 is 0 Å². The second-order valence-electron chi connectivity index (χ2n) is 4.17.